The van der Waals surface area contributed by atoms with Gasteiger partial charge < -0.3 is 9.80 Å². The molecule has 136 valence electrons. The third kappa shape index (κ3) is 5.19. The Kier molecular flexibility index (Phi) is 6.28. The molecule has 1 heterocycles. The molecule has 0 saturated carbocycles. The van der Waals surface area contributed by atoms with Crippen LogP contribution in [0.5, 0.6) is 0 Å². The van der Waals surface area contributed by atoms with Gasteiger partial charge in [-0.25, -0.2) is 13.1 Å². The molecule has 0 amide bonds. The zero-order valence-electron chi connectivity index (χ0n) is 15.5. The summed E-state index contributed by atoms with van der Waals surface area (Å²) in [4.78, 5) is 4.69. The van der Waals surface area contributed by atoms with Gasteiger partial charge >= 0.3 is 0 Å². The molecule has 0 radical (unpaired) electrons. The lowest BCUT2D eigenvalue weighted by Gasteiger charge is -2.37. The van der Waals surface area contributed by atoms with E-state index in [4.69, 9.17) is 0 Å². The van der Waals surface area contributed by atoms with Crippen LogP contribution in [-0.2, 0) is 16.6 Å². The topological polar surface area (TPSA) is 52.6 Å². The third-order valence-electron chi connectivity index (χ3n) is 4.83. The lowest BCUT2D eigenvalue weighted by Crippen LogP contribution is -2.42. The quantitative estimate of drug-likeness (QED) is 0.853. The van der Waals surface area contributed by atoms with Crippen LogP contribution in [0.1, 0.15) is 43.7 Å². The Morgan fingerprint density at radius 2 is 1.88 bits per heavy atom. The Morgan fingerprint density at radius 1 is 1.25 bits per heavy atom. The maximum absolute atomic E-state index is 11.5. The molecule has 0 atom stereocenters. The standard InChI is InChI=1S/C18H31N3O2S/c1-14(2)15-6-7-18(16(12-15)13-19-24(5,22)23)21-10-8-17(9-11-21)20(3)4/h6-7,12,14,17,19H,8-11,13H2,1-5H3. The number of nitrogens with one attached hydrogen (secondary N) is 1. The molecular weight excluding hydrogens is 322 g/mol. The molecule has 2 rings (SSSR count). The number of nitrogens with zero attached hydrogens (tertiary/aromatic N) is 2. The summed E-state index contributed by atoms with van der Waals surface area (Å²) in [6.07, 6.45) is 3.48. The van der Waals surface area contributed by atoms with Gasteiger partial charge in [-0.05, 0) is 50.0 Å². The minimum atomic E-state index is -3.20. The highest BCUT2D eigenvalue weighted by atomic mass is 32.2. The first-order valence-electron chi connectivity index (χ1n) is 8.66. The van der Waals surface area contributed by atoms with E-state index < -0.39 is 10.0 Å². The number of hydrogen-bond donors (Lipinski definition) is 1. The third-order valence-corrected chi connectivity index (χ3v) is 5.50. The first-order chi connectivity index (χ1) is 11.2. The fourth-order valence-electron chi connectivity index (χ4n) is 3.25. The lowest BCUT2D eigenvalue weighted by atomic mass is 9.97. The van der Waals surface area contributed by atoms with Gasteiger partial charge in [0.05, 0.1) is 6.26 Å². The largest absolute Gasteiger partial charge is 0.371 e. The Bertz CT molecular complexity index is 648. The van der Waals surface area contributed by atoms with E-state index in [0.717, 1.165) is 37.2 Å². The maximum atomic E-state index is 11.5. The van der Waals surface area contributed by atoms with Crippen LogP contribution in [0.2, 0.25) is 0 Å². The van der Waals surface area contributed by atoms with Gasteiger partial charge in [-0.15, -0.1) is 0 Å². The van der Waals surface area contributed by atoms with Gasteiger partial charge in [0.2, 0.25) is 10.0 Å². The summed E-state index contributed by atoms with van der Waals surface area (Å²) in [7, 11) is 1.08. The van der Waals surface area contributed by atoms with Crippen molar-refractivity contribution in [3.8, 4) is 0 Å². The summed E-state index contributed by atoms with van der Waals surface area (Å²) in [6, 6.07) is 7.11. The van der Waals surface area contributed by atoms with Gasteiger partial charge in [0, 0.05) is 31.4 Å². The van der Waals surface area contributed by atoms with Crippen molar-refractivity contribution in [1.82, 2.24) is 9.62 Å². The van der Waals surface area contributed by atoms with Crippen LogP contribution in [-0.4, -0.2) is 52.8 Å². The molecule has 1 aliphatic heterocycles. The van der Waals surface area contributed by atoms with E-state index in [9.17, 15) is 8.42 Å². The SMILES string of the molecule is CC(C)c1ccc(N2CCC(N(C)C)CC2)c(CNS(C)(=O)=O)c1. The average molecular weight is 354 g/mol. The number of hydrogen-bond acceptors (Lipinski definition) is 4. The molecule has 0 spiro atoms. The van der Waals surface area contributed by atoms with Crippen LogP contribution in [0.4, 0.5) is 5.69 Å². The molecule has 0 aromatic heterocycles. The highest BCUT2D eigenvalue weighted by Gasteiger charge is 2.22. The first kappa shape index (κ1) is 19.2. The summed E-state index contributed by atoms with van der Waals surface area (Å²) in [6.45, 7) is 6.69. The van der Waals surface area contributed by atoms with Crippen molar-refractivity contribution in [2.75, 3.05) is 38.3 Å². The van der Waals surface area contributed by atoms with Gasteiger partial charge in [0.15, 0.2) is 0 Å². The predicted molar refractivity (Wildman–Crippen MR) is 101 cm³/mol. The van der Waals surface area contributed by atoms with Gasteiger partial charge in [0.25, 0.3) is 0 Å². The van der Waals surface area contributed by atoms with Gasteiger partial charge in [-0.2, -0.15) is 0 Å². The Hall–Kier alpha value is -1.11. The van der Waals surface area contributed by atoms with Crippen molar-refractivity contribution in [1.29, 1.82) is 0 Å². The molecule has 6 heteroatoms. The van der Waals surface area contributed by atoms with Crippen molar-refractivity contribution in [2.45, 2.75) is 45.2 Å². The predicted octanol–water partition coefficient (Wildman–Crippen LogP) is 2.39. The molecule has 1 N–H and O–H groups in total. The van der Waals surface area contributed by atoms with Crippen molar-refractivity contribution in [2.24, 2.45) is 0 Å². The van der Waals surface area contributed by atoms with E-state index in [-0.39, 0.29) is 0 Å². The molecule has 0 aliphatic carbocycles. The van der Waals surface area contributed by atoms with E-state index in [0.29, 0.717) is 18.5 Å². The molecule has 24 heavy (non-hydrogen) atoms. The van der Waals surface area contributed by atoms with E-state index in [1.165, 1.54) is 11.8 Å². The Labute approximate surface area is 147 Å². The highest BCUT2D eigenvalue weighted by molar-refractivity contribution is 7.88. The van der Waals surface area contributed by atoms with Gasteiger partial charge in [-0.1, -0.05) is 26.0 Å². The number of piperidine rings is 1. The number of rotatable bonds is 6. The van der Waals surface area contributed by atoms with Crippen LogP contribution < -0.4 is 9.62 Å². The normalized spacial score (nSPS) is 17.0. The monoisotopic (exact) mass is 353 g/mol. The molecule has 0 bridgehead atoms. The number of benzene rings is 1. The zero-order chi connectivity index (χ0) is 17.9. The Balaban J connectivity index is 2.21. The molecule has 1 saturated heterocycles. The van der Waals surface area contributed by atoms with Crippen LogP contribution in [0.25, 0.3) is 0 Å². The van der Waals surface area contributed by atoms with Crippen LogP contribution in [0.15, 0.2) is 18.2 Å². The van der Waals surface area contributed by atoms with E-state index >= 15 is 0 Å². The lowest BCUT2D eigenvalue weighted by molar-refractivity contribution is 0.249. The fraction of sp³-hybridized carbons (Fsp3) is 0.667. The second-order valence-electron chi connectivity index (χ2n) is 7.32. The van der Waals surface area contributed by atoms with Gasteiger partial charge in [0.1, 0.15) is 0 Å². The smallest absolute Gasteiger partial charge is 0.209 e. The molecule has 1 fully saturated rings. The molecule has 1 aliphatic rings. The zero-order valence-corrected chi connectivity index (χ0v) is 16.4. The molecule has 0 unspecified atom stereocenters. The second-order valence-corrected chi connectivity index (χ2v) is 9.15. The molecular formula is C18H31N3O2S. The van der Waals surface area contributed by atoms with Crippen LogP contribution in [0.3, 0.4) is 0 Å². The van der Waals surface area contributed by atoms with Crippen molar-refractivity contribution < 1.29 is 8.42 Å². The van der Waals surface area contributed by atoms with E-state index in [2.05, 4.69) is 60.7 Å². The molecule has 1 aromatic rings. The number of anilines is 1. The highest BCUT2D eigenvalue weighted by Crippen LogP contribution is 2.28. The second kappa shape index (κ2) is 7.85. The average Bonchev–Trinajstić information content (AvgIpc) is 2.52. The minimum Gasteiger partial charge on any atom is -0.371 e. The number of sulfonamides is 1. The fourth-order valence-corrected chi connectivity index (χ4v) is 3.66. The van der Waals surface area contributed by atoms with Crippen molar-refractivity contribution in [3.63, 3.8) is 0 Å². The molecule has 5 nitrogen and oxygen atoms in total. The summed E-state index contributed by atoms with van der Waals surface area (Å²) in [5, 5.41) is 0. The summed E-state index contributed by atoms with van der Waals surface area (Å²) in [5.41, 5.74) is 3.47. The summed E-state index contributed by atoms with van der Waals surface area (Å²) >= 11 is 0. The van der Waals surface area contributed by atoms with E-state index in [1.807, 2.05) is 0 Å². The van der Waals surface area contributed by atoms with Gasteiger partial charge in [-0.3, -0.25) is 0 Å². The summed E-state index contributed by atoms with van der Waals surface area (Å²) < 4.78 is 25.6. The van der Waals surface area contributed by atoms with Crippen LogP contribution in [0, 0.1) is 0 Å². The maximum Gasteiger partial charge on any atom is 0.209 e. The minimum absolute atomic E-state index is 0.350. The Morgan fingerprint density at radius 3 is 2.38 bits per heavy atom. The van der Waals surface area contributed by atoms with Crippen molar-refractivity contribution >= 4 is 15.7 Å². The summed E-state index contributed by atoms with van der Waals surface area (Å²) in [5.74, 6) is 0.426. The van der Waals surface area contributed by atoms with E-state index in [1.54, 1.807) is 0 Å². The first-order valence-corrected chi connectivity index (χ1v) is 10.6. The molecule has 1 aromatic carbocycles. The van der Waals surface area contributed by atoms with Crippen molar-refractivity contribution in [3.05, 3.63) is 29.3 Å². The van der Waals surface area contributed by atoms with Crippen LogP contribution >= 0.6 is 0 Å².